The van der Waals surface area contributed by atoms with Crippen LogP contribution in [0.4, 0.5) is 5.69 Å². The zero-order chi connectivity index (χ0) is 16.6. The summed E-state index contributed by atoms with van der Waals surface area (Å²) in [5, 5.41) is 0.815. The summed E-state index contributed by atoms with van der Waals surface area (Å²) in [6.45, 7) is 3.09. The number of benzene rings is 1. The van der Waals surface area contributed by atoms with Gasteiger partial charge in [-0.3, -0.25) is 4.98 Å². The zero-order valence-electron chi connectivity index (χ0n) is 13.7. The van der Waals surface area contributed by atoms with E-state index < -0.39 is 0 Å². The van der Waals surface area contributed by atoms with Crippen LogP contribution in [0.5, 0.6) is 0 Å². The minimum atomic E-state index is -0.383. The Kier molecular flexibility index (Phi) is 3.86. The van der Waals surface area contributed by atoms with Crippen molar-refractivity contribution in [2.45, 2.75) is 18.6 Å². The molecule has 2 fully saturated rings. The topological polar surface area (TPSA) is 60.9 Å². The number of ether oxygens (including phenoxy) is 3. The zero-order valence-corrected chi connectivity index (χ0v) is 13.7. The molecule has 0 N–H and O–H groups in total. The molecule has 0 atom stereocenters. The van der Waals surface area contributed by atoms with Gasteiger partial charge in [-0.1, -0.05) is 0 Å². The lowest BCUT2D eigenvalue weighted by atomic mass is 10.0. The lowest BCUT2D eigenvalue weighted by Gasteiger charge is -2.38. The second-order valence-corrected chi connectivity index (χ2v) is 6.15. The standard InChI is InChI=1S/C18H20N2O4/c1-22-17(21)14-4-7-19-16-3-2-13(12-15(14)16)20-8-5-18(6-9-20)23-10-11-24-18/h2-4,7,12H,5-6,8-11H2,1H3. The number of rotatable bonds is 2. The molecular weight excluding hydrogens is 308 g/mol. The Morgan fingerprint density at radius 1 is 1.21 bits per heavy atom. The third-order valence-corrected chi connectivity index (χ3v) is 4.83. The third kappa shape index (κ3) is 2.61. The molecule has 0 amide bonds. The molecular formula is C18H20N2O4. The van der Waals surface area contributed by atoms with Crippen LogP contribution >= 0.6 is 0 Å². The molecule has 126 valence electrons. The second kappa shape index (κ2) is 6.03. The molecule has 1 aromatic carbocycles. The predicted octanol–water partition coefficient (Wildman–Crippen LogP) is 2.36. The highest BCUT2D eigenvalue weighted by molar-refractivity contribution is 6.04. The number of nitrogens with zero attached hydrogens (tertiary/aromatic N) is 2. The lowest BCUT2D eigenvalue weighted by Crippen LogP contribution is -2.45. The van der Waals surface area contributed by atoms with Crippen LogP contribution in [-0.2, 0) is 14.2 Å². The average molecular weight is 328 g/mol. The molecule has 6 heteroatoms. The number of anilines is 1. The Morgan fingerprint density at radius 2 is 1.96 bits per heavy atom. The van der Waals surface area contributed by atoms with Gasteiger partial charge < -0.3 is 19.1 Å². The Morgan fingerprint density at radius 3 is 2.67 bits per heavy atom. The van der Waals surface area contributed by atoms with E-state index in [-0.39, 0.29) is 11.8 Å². The number of fused-ring (bicyclic) bond motifs is 1. The fourth-order valence-electron chi connectivity index (χ4n) is 3.51. The van der Waals surface area contributed by atoms with Crippen LogP contribution in [0.2, 0.25) is 0 Å². The van der Waals surface area contributed by atoms with E-state index in [4.69, 9.17) is 14.2 Å². The first-order valence-electron chi connectivity index (χ1n) is 8.21. The highest BCUT2D eigenvalue weighted by atomic mass is 16.7. The van der Waals surface area contributed by atoms with Gasteiger partial charge in [0.25, 0.3) is 0 Å². The van der Waals surface area contributed by atoms with E-state index in [9.17, 15) is 4.79 Å². The van der Waals surface area contributed by atoms with E-state index in [1.807, 2.05) is 18.2 Å². The number of carbonyl (C=O) groups excluding carboxylic acids is 1. The van der Waals surface area contributed by atoms with Gasteiger partial charge in [0.05, 0.1) is 31.4 Å². The van der Waals surface area contributed by atoms with Gasteiger partial charge in [0.2, 0.25) is 0 Å². The molecule has 0 aliphatic carbocycles. The van der Waals surface area contributed by atoms with Gasteiger partial charge in [0.1, 0.15) is 0 Å². The highest BCUT2D eigenvalue weighted by Gasteiger charge is 2.39. The van der Waals surface area contributed by atoms with Crippen molar-refractivity contribution in [3.63, 3.8) is 0 Å². The number of hydrogen-bond acceptors (Lipinski definition) is 6. The Labute approximate surface area is 140 Å². The summed E-state index contributed by atoms with van der Waals surface area (Å²) in [4.78, 5) is 18.6. The molecule has 24 heavy (non-hydrogen) atoms. The minimum Gasteiger partial charge on any atom is -0.465 e. The molecule has 0 radical (unpaired) electrons. The first-order chi connectivity index (χ1) is 11.7. The lowest BCUT2D eigenvalue weighted by molar-refractivity contribution is -0.169. The van der Waals surface area contributed by atoms with Crippen LogP contribution in [0.25, 0.3) is 10.9 Å². The van der Waals surface area contributed by atoms with Crippen molar-refractivity contribution in [3.05, 3.63) is 36.0 Å². The highest BCUT2D eigenvalue weighted by Crippen LogP contribution is 2.34. The Bertz CT molecular complexity index is 761. The first-order valence-corrected chi connectivity index (χ1v) is 8.21. The molecule has 2 aromatic rings. The number of esters is 1. The first kappa shape index (κ1) is 15.4. The van der Waals surface area contributed by atoms with E-state index in [0.29, 0.717) is 18.8 Å². The Balaban J connectivity index is 1.62. The van der Waals surface area contributed by atoms with Crippen LogP contribution in [-0.4, -0.2) is 50.2 Å². The molecule has 0 bridgehead atoms. The fraction of sp³-hybridized carbons (Fsp3) is 0.444. The summed E-state index contributed by atoms with van der Waals surface area (Å²) in [7, 11) is 1.39. The van der Waals surface area contributed by atoms with Crippen molar-refractivity contribution in [1.82, 2.24) is 4.98 Å². The maximum Gasteiger partial charge on any atom is 0.338 e. The summed E-state index contributed by atoms with van der Waals surface area (Å²) in [6.07, 6.45) is 3.33. The van der Waals surface area contributed by atoms with Gasteiger partial charge in [-0.15, -0.1) is 0 Å². The van der Waals surface area contributed by atoms with Crippen LogP contribution in [0, 0.1) is 0 Å². The molecule has 0 saturated carbocycles. The predicted molar refractivity (Wildman–Crippen MR) is 89.2 cm³/mol. The molecule has 6 nitrogen and oxygen atoms in total. The minimum absolute atomic E-state index is 0.343. The number of piperidine rings is 1. The number of hydrogen-bond donors (Lipinski definition) is 0. The maximum atomic E-state index is 12.0. The van der Waals surface area contributed by atoms with Crippen molar-refractivity contribution < 1.29 is 19.0 Å². The Hall–Kier alpha value is -2.18. The summed E-state index contributed by atoms with van der Waals surface area (Å²) in [5.74, 6) is -0.726. The maximum absolute atomic E-state index is 12.0. The number of carbonyl (C=O) groups is 1. The quantitative estimate of drug-likeness (QED) is 0.789. The summed E-state index contributed by atoms with van der Waals surface area (Å²) >= 11 is 0. The van der Waals surface area contributed by atoms with Crippen molar-refractivity contribution in [2.75, 3.05) is 38.3 Å². The monoisotopic (exact) mass is 328 g/mol. The summed E-state index contributed by atoms with van der Waals surface area (Å²) in [6, 6.07) is 7.71. The summed E-state index contributed by atoms with van der Waals surface area (Å²) < 4.78 is 16.4. The molecule has 0 unspecified atom stereocenters. The van der Waals surface area contributed by atoms with Crippen LogP contribution in [0.3, 0.4) is 0 Å². The van der Waals surface area contributed by atoms with Crippen molar-refractivity contribution in [2.24, 2.45) is 0 Å². The largest absolute Gasteiger partial charge is 0.465 e. The smallest absolute Gasteiger partial charge is 0.338 e. The van der Waals surface area contributed by atoms with E-state index >= 15 is 0 Å². The SMILES string of the molecule is COC(=O)c1ccnc2ccc(N3CCC4(CC3)OCCO4)cc12. The average Bonchev–Trinajstić information content (AvgIpc) is 3.09. The molecule has 1 spiro atoms. The van der Waals surface area contributed by atoms with Gasteiger partial charge in [0.15, 0.2) is 5.79 Å². The molecule has 4 rings (SSSR count). The summed E-state index contributed by atoms with van der Waals surface area (Å²) in [5.41, 5.74) is 2.41. The van der Waals surface area contributed by atoms with Crippen molar-refractivity contribution in [3.8, 4) is 0 Å². The molecule has 2 aliphatic rings. The van der Waals surface area contributed by atoms with Gasteiger partial charge >= 0.3 is 5.97 Å². The third-order valence-electron chi connectivity index (χ3n) is 4.83. The van der Waals surface area contributed by atoms with Crippen LogP contribution in [0.1, 0.15) is 23.2 Å². The van der Waals surface area contributed by atoms with Gasteiger partial charge in [-0.05, 0) is 24.3 Å². The van der Waals surface area contributed by atoms with Crippen molar-refractivity contribution >= 4 is 22.6 Å². The van der Waals surface area contributed by atoms with E-state index in [2.05, 4.69) is 9.88 Å². The number of pyridine rings is 1. The van der Waals surface area contributed by atoms with Gasteiger partial charge in [0, 0.05) is 43.2 Å². The number of methoxy groups -OCH3 is 1. The van der Waals surface area contributed by atoms with E-state index in [1.165, 1.54) is 7.11 Å². The van der Waals surface area contributed by atoms with E-state index in [1.54, 1.807) is 12.3 Å². The molecule has 2 aliphatic heterocycles. The normalized spacial score (nSPS) is 19.8. The van der Waals surface area contributed by atoms with Crippen LogP contribution < -0.4 is 4.90 Å². The van der Waals surface area contributed by atoms with Gasteiger partial charge in [-0.2, -0.15) is 0 Å². The van der Waals surface area contributed by atoms with Gasteiger partial charge in [-0.25, -0.2) is 4.79 Å². The fourth-order valence-corrected chi connectivity index (χ4v) is 3.51. The molecule has 3 heterocycles. The molecule has 1 aromatic heterocycles. The van der Waals surface area contributed by atoms with Crippen LogP contribution in [0.15, 0.2) is 30.5 Å². The van der Waals surface area contributed by atoms with Crippen molar-refractivity contribution in [1.29, 1.82) is 0 Å². The second-order valence-electron chi connectivity index (χ2n) is 6.15. The molecule has 2 saturated heterocycles. The van der Waals surface area contributed by atoms with E-state index in [0.717, 1.165) is 42.5 Å². The number of aromatic nitrogens is 1.